The maximum Gasteiger partial charge on any atom is 0.137 e. The van der Waals surface area contributed by atoms with Crippen LogP contribution < -0.4 is 4.90 Å². The Hall–Kier alpha value is -1.13. The fourth-order valence-corrected chi connectivity index (χ4v) is 3.38. The largest absolute Gasteiger partial charge is 0.390 e. The van der Waals surface area contributed by atoms with E-state index in [1.807, 2.05) is 13.1 Å². The standard InChI is InChI=1S/C14H18N2OS/c1-14(17)5-2-8-16(9-6-14)13-11-4-10-18-12(11)3-7-15-13/h3-4,7,10,17H,2,5-6,8-9H2,1H3. The molecule has 1 fully saturated rings. The molecule has 1 N–H and O–H groups in total. The van der Waals surface area contributed by atoms with Crippen LogP contribution in [0.1, 0.15) is 26.2 Å². The van der Waals surface area contributed by atoms with Gasteiger partial charge in [0.1, 0.15) is 5.82 Å². The zero-order valence-electron chi connectivity index (χ0n) is 10.6. The number of anilines is 1. The van der Waals surface area contributed by atoms with Gasteiger partial charge in [0.15, 0.2) is 0 Å². The van der Waals surface area contributed by atoms with Crippen LogP contribution in [0, 0.1) is 0 Å². The Morgan fingerprint density at radius 3 is 3.11 bits per heavy atom. The van der Waals surface area contributed by atoms with Gasteiger partial charge in [-0.05, 0) is 43.7 Å². The van der Waals surface area contributed by atoms with Crippen molar-refractivity contribution in [1.82, 2.24) is 4.98 Å². The molecule has 0 aliphatic carbocycles. The number of fused-ring (bicyclic) bond motifs is 1. The fraction of sp³-hybridized carbons (Fsp3) is 0.500. The second kappa shape index (κ2) is 4.52. The van der Waals surface area contributed by atoms with Crippen molar-refractivity contribution in [2.75, 3.05) is 18.0 Å². The summed E-state index contributed by atoms with van der Waals surface area (Å²) in [6.45, 7) is 3.81. The Bertz CT molecular complexity index is 549. The summed E-state index contributed by atoms with van der Waals surface area (Å²) in [6, 6.07) is 4.21. The van der Waals surface area contributed by atoms with Crippen molar-refractivity contribution in [3.63, 3.8) is 0 Å². The quantitative estimate of drug-likeness (QED) is 0.858. The van der Waals surface area contributed by atoms with Gasteiger partial charge in [-0.25, -0.2) is 4.98 Å². The van der Waals surface area contributed by atoms with Crippen molar-refractivity contribution in [3.05, 3.63) is 23.7 Å². The molecule has 2 aromatic rings. The second-order valence-electron chi connectivity index (χ2n) is 5.30. The maximum atomic E-state index is 10.1. The lowest BCUT2D eigenvalue weighted by Crippen LogP contribution is -2.28. The predicted molar refractivity (Wildman–Crippen MR) is 76.3 cm³/mol. The monoisotopic (exact) mass is 262 g/mol. The highest BCUT2D eigenvalue weighted by atomic mass is 32.1. The van der Waals surface area contributed by atoms with Crippen LogP contribution >= 0.6 is 11.3 Å². The first kappa shape index (κ1) is 11.9. The van der Waals surface area contributed by atoms with Gasteiger partial charge >= 0.3 is 0 Å². The van der Waals surface area contributed by atoms with Crippen molar-refractivity contribution in [2.45, 2.75) is 31.8 Å². The Morgan fingerprint density at radius 2 is 2.22 bits per heavy atom. The number of aromatic nitrogens is 1. The Morgan fingerprint density at radius 1 is 1.33 bits per heavy atom. The highest BCUT2D eigenvalue weighted by Gasteiger charge is 2.26. The molecule has 0 amide bonds. The number of rotatable bonds is 1. The van der Waals surface area contributed by atoms with Gasteiger partial charge in [0, 0.05) is 29.4 Å². The Kier molecular flexibility index (Phi) is 2.99. The molecule has 1 unspecified atom stereocenters. The van der Waals surface area contributed by atoms with Crippen LogP contribution in [0.4, 0.5) is 5.82 Å². The van der Waals surface area contributed by atoms with Gasteiger partial charge in [-0.3, -0.25) is 0 Å². The lowest BCUT2D eigenvalue weighted by Gasteiger charge is -2.23. The molecule has 18 heavy (non-hydrogen) atoms. The number of pyridine rings is 1. The highest BCUT2D eigenvalue weighted by Crippen LogP contribution is 2.31. The zero-order chi connectivity index (χ0) is 12.6. The van der Waals surface area contributed by atoms with Crippen LogP contribution in [-0.2, 0) is 0 Å². The lowest BCUT2D eigenvalue weighted by molar-refractivity contribution is 0.0481. The first-order valence-electron chi connectivity index (χ1n) is 6.45. The van der Waals surface area contributed by atoms with Crippen LogP contribution in [0.5, 0.6) is 0 Å². The van der Waals surface area contributed by atoms with Crippen LogP contribution in [-0.4, -0.2) is 28.8 Å². The first-order valence-corrected chi connectivity index (χ1v) is 7.33. The number of hydrogen-bond donors (Lipinski definition) is 1. The third kappa shape index (κ3) is 2.22. The molecule has 0 spiro atoms. The Balaban J connectivity index is 1.92. The molecular formula is C14H18N2OS. The molecular weight excluding hydrogens is 244 g/mol. The summed E-state index contributed by atoms with van der Waals surface area (Å²) in [6.07, 6.45) is 4.60. The number of thiophene rings is 1. The van der Waals surface area contributed by atoms with Gasteiger partial charge < -0.3 is 10.0 Å². The summed E-state index contributed by atoms with van der Waals surface area (Å²) >= 11 is 1.75. The SMILES string of the molecule is CC1(O)CCCN(c2nccc3sccc23)CC1. The van der Waals surface area contributed by atoms with Crippen LogP contribution in [0.15, 0.2) is 23.7 Å². The fourth-order valence-electron chi connectivity index (χ4n) is 2.61. The molecule has 0 radical (unpaired) electrons. The second-order valence-corrected chi connectivity index (χ2v) is 6.25. The molecule has 3 rings (SSSR count). The molecule has 1 atom stereocenters. The van der Waals surface area contributed by atoms with Crippen LogP contribution in [0.2, 0.25) is 0 Å². The predicted octanol–water partition coefficient (Wildman–Crippen LogP) is 3.04. The molecule has 0 saturated carbocycles. The molecule has 1 aliphatic rings. The minimum Gasteiger partial charge on any atom is -0.390 e. The van der Waals surface area contributed by atoms with Crippen molar-refractivity contribution in [3.8, 4) is 0 Å². The molecule has 3 nitrogen and oxygen atoms in total. The third-order valence-electron chi connectivity index (χ3n) is 3.72. The van der Waals surface area contributed by atoms with Gasteiger partial charge in [0.05, 0.1) is 5.60 Å². The summed E-state index contributed by atoms with van der Waals surface area (Å²) in [7, 11) is 0. The minimum absolute atomic E-state index is 0.517. The number of nitrogens with zero attached hydrogens (tertiary/aromatic N) is 2. The Labute approximate surface area is 111 Å². The van der Waals surface area contributed by atoms with Gasteiger partial charge in [-0.2, -0.15) is 0 Å². The molecule has 0 aromatic carbocycles. The minimum atomic E-state index is -0.517. The molecule has 4 heteroatoms. The van der Waals surface area contributed by atoms with Gasteiger partial charge in [-0.15, -0.1) is 11.3 Å². The summed E-state index contributed by atoms with van der Waals surface area (Å²) in [5, 5.41) is 13.5. The van der Waals surface area contributed by atoms with Crippen molar-refractivity contribution in [1.29, 1.82) is 0 Å². The van der Waals surface area contributed by atoms with Gasteiger partial charge in [0.2, 0.25) is 0 Å². The van der Waals surface area contributed by atoms with E-state index in [2.05, 4.69) is 27.4 Å². The normalized spacial score (nSPS) is 25.3. The number of hydrogen-bond acceptors (Lipinski definition) is 4. The summed E-state index contributed by atoms with van der Waals surface area (Å²) in [4.78, 5) is 6.86. The number of aliphatic hydroxyl groups is 1. The van der Waals surface area contributed by atoms with E-state index in [4.69, 9.17) is 0 Å². The topological polar surface area (TPSA) is 36.4 Å². The summed E-state index contributed by atoms with van der Waals surface area (Å²) in [5.74, 6) is 1.08. The average molecular weight is 262 g/mol. The maximum absolute atomic E-state index is 10.1. The van der Waals surface area contributed by atoms with E-state index in [1.54, 1.807) is 11.3 Å². The summed E-state index contributed by atoms with van der Waals surface area (Å²) < 4.78 is 1.29. The first-order chi connectivity index (χ1) is 8.66. The molecule has 3 heterocycles. The van der Waals surface area contributed by atoms with E-state index in [0.29, 0.717) is 0 Å². The van der Waals surface area contributed by atoms with Gasteiger partial charge in [-0.1, -0.05) is 0 Å². The average Bonchev–Trinajstić information content (AvgIpc) is 2.74. The van der Waals surface area contributed by atoms with Crippen molar-refractivity contribution < 1.29 is 5.11 Å². The molecule has 2 aromatic heterocycles. The van der Waals surface area contributed by atoms with E-state index in [1.165, 1.54) is 10.1 Å². The van der Waals surface area contributed by atoms with Crippen molar-refractivity contribution in [2.24, 2.45) is 0 Å². The molecule has 0 bridgehead atoms. The van der Waals surface area contributed by atoms with E-state index in [0.717, 1.165) is 38.2 Å². The highest BCUT2D eigenvalue weighted by molar-refractivity contribution is 7.17. The van der Waals surface area contributed by atoms with Crippen LogP contribution in [0.3, 0.4) is 0 Å². The molecule has 96 valence electrons. The molecule has 1 aliphatic heterocycles. The van der Waals surface area contributed by atoms with E-state index in [-0.39, 0.29) is 0 Å². The van der Waals surface area contributed by atoms with E-state index < -0.39 is 5.60 Å². The lowest BCUT2D eigenvalue weighted by atomic mass is 9.98. The van der Waals surface area contributed by atoms with E-state index in [9.17, 15) is 5.11 Å². The smallest absolute Gasteiger partial charge is 0.137 e. The zero-order valence-corrected chi connectivity index (χ0v) is 11.4. The third-order valence-corrected chi connectivity index (χ3v) is 4.60. The van der Waals surface area contributed by atoms with Gasteiger partial charge in [0.25, 0.3) is 0 Å². The molecule has 1 saturated heterocycles. The summed E-state index contributed by atoms with van der Waals surface area (Å²) in [5.41, 5.74) is -0.517. The van der Waals surface area contributed by atoms with Crippen molar-refractivity contribution >= 4 is 27.2 Å². The van der Waals surface area contributed by atoms with E-state index >= 15 is 0 Å². The van der Waals surface area contributed by atoms with Crippen LogP contribution in [0.25, 0.3) is 10.1 Å².